The van der Waals surface area contributed by atoms with Gasteiger partial charge in [-0.15, -0.1) is 0 Å². The summed E-state index contributed by atoms with van der Waals surface area (Å²) in [6.07, 6.45) is 6.79. The summed E-state index contributed by atoms with van der Waals surface area (Å²) in [4.78, 5) is 38.2. The molecule has 0 fully saturated rings. The van der Waals surface area contributed by atoms with E-state index >= 15 is 0 Å². The molecule has 1 atom stereocenters. The Morgan fingerprint density at radius 1 is 0.711 bits per heavy atom. The minimum atomic E-state index is -0.664. The maximum Gasteiger partial charge on any atom is 0.318 e. The summed E-state index contributed by atoms with van der Waals surface area (Å²) in [5, 5.41) is 19.9. The topological polar surface area (TPSA) is 119 Å². The summed E-state index contributed by atoms with van der Waals surface area (Å²) >= 11 is 0. The zero-order valence-corrected chi connectivity index (χ0v) is 25.0. The van der Waals surface area contributed by atoms with Crippen LogP contribution in [0.3, 0.4) is 0 Å². The maximum atomic E-state index is 13.1. The first kappa shape index (κ1) is 32.0. The number of hydrogen-bond donors (Lipinski definition) is 2. The van der Waals surface area contributed by atoms with Gasteiger partial charge >= 0.3 is 5.97 Å². The number of carbonyl (C=O) groups excluding carboxylic acids is 3. The zero-order chi connectivity index (χ0) is 32.3. The van der Waals surface area contributed by atoms with E-state index in [4.69, 9.17) is 14.2 Å². The highest BCUT2D eigenvalue weighted by atomic mass is 16.6. The number of methoxy groups -OCH3 is 2. The van der Waals surface area contributed by atoms with Gasteiger partial charge in [0.1, 0.15) is 5.76 Å². The molecular formula is C37H32O8. The van der Waals surface area contributed by atoms with E-state index in [9.17, 15) is 24.6 Å². The summed E-state index contributed by atoms with van der Waals surface area (Å²) < 4.78 is 16.1. The Morgan fingerprint density at radius 2 is 1.36 bits per heavy atom. The second-order valence-corrected chi connectivity index (χ2v) is 9.94. The number of ether oxygens (including phenoxy) is 3. The Hall–Kier alpha value is -5.89. The van der Waals surface area contributed by atoms with Crippen molar-refractivity contribution < 1.29 is 38.8 Å². The molecule has 0 saturated carbocycles. The first-order valence-electron chi connectivity index (χ1n) is 14.0. The molecule has 228 valence electrons. The molecule has 8 nitrogen and oxygen atoms in total. The molecule has 1 unspecified atom stereocenters. The number of allylic oxidation sites excluding steroid dienone is 3. The summed E-state index contributed by atoms with van der Waals surface area (Å²) in [7, 11) is 2.87. The molecule has 0 aliphatic rings. The molecular weight excluding hydrogens is 572 g/mol. The van der Waals surface area contributed by atoms with Gasteiger partial charge in [0.25, 0.3) is 0 Å². The van der Waals surface area contributed by atoms with Crippen molar-refractivity contribution in [1.29, 1.82) is 0 Å². The molecule has 0 saturated heterocycles. The normalized spacial score (nSPS) is 12.2. The summed E-state index contributed by atoms with van der Waals surface area (Å²) in [5.41, 5.74) is 2.92. The van der Waals surface area contributed by atoms with Gasteiger partial charge in [-0.2, -0.15) is 0 Å². The molecule has 8 heteroatoms. The summed E-state index contributed by atoms with van der Waals surface area (Å²) in [5.74, 6) is -1.30. The van der Waals surface area contributed by atoms with Crippen LogP contribution in [0.25, 0.3) is 12.2 Å². The Morgan fingerprint density at radius 3 is 2.07 bits per heavy atom. The minimum absolute atomic E-state index is 0.0137. The van der Waals surface area contributed by atoms with Crippen LogP contribution in [-0.4, -0.2) is 42.0 Å². The van der Waals surface area contributed by atoms with Crippen LogP contribution in [0.2, 0.25) is 0 Å². The van der Waals surface area contributed by atoms with Gasteiger partial charge in [0.2, 0.25) is 0 Å². The summed E-state index contributed by atoms with van der Waals surface area (Å²) in [6, 6.07) is 25.3. The Bertz CT molecular complexity index is 1780. The van der Waals surface area contributed by atoms with Crippen molar-refractivity contribution >= 4 is 29.7 Å². The predicted octanol–water partition coefficient (Wildman–Crippen LogP) is 7.09. The molecule has 0 spiro atoms. The predicted molar refractivity (Wildman–Crippen MR) is 172 cm³/mol. The zero-order valence-electron chi connectivity index (χ0n) is 25.0. The van der Waals surface area contributed by atoms with Crippen molar-refractivity contribution in [2.24, 2.45) is 0 Å². The standard InChI is InChI=1S/C37H32O8/c1-24(28-10-7-11-29(22-28)36(41)27-8-5-4-6-9-27)37(42)45-33-19-15-26(21-35(33)44-3)13-17-31(39)23-30(38)16-12-25-14-18-32(40)34(20-25)43-2/h4-24,39-40H,1-3H3/b16-12+,17-13+,31-23?. The van der Waals surface area contributed by atoms with Crippen molar-refractivity contribution in [2.45, 2.75) is 12.8 Å². The number of phenols is 1. The molecule has 4 rings (SSSR count). The fourth-order valence-electron chi connectivity index (χ4n) is 4.31. The average Bonchev–Trinajstić information content (AvgIpc) is 3.07. The highest BCUT2D eigenvalue weighted by molar-refractivity contribution is 6.09. The lowest BCUT2D eigenvalue weighted by Gasteiger charge is -2.15. The van der Waals surface area contributed by atoms with Gasteiger partial charge in [-0.3, -0.25) is 14.4 Å². The van der Waals surface area contributed by atoms with E-state index in [2.05, 4.69) is 0 Å². The van der Waals surface area contributed by atoms with E-state index in [0.717, 1.165) is 6.08 Å². The van der Waals surface area contributed by atoms with E-state index < -0.39 is 17.7 Å². The van der Waals surface area contributed by atoms with E-state index in [0.29, 0.717) is 27.8 Å². The van der Waals surface area contributed by atoms with Crippen LogP contribution in [0.15, 0.2) is 115 Å². The van der Waals surface area contributed by atoms with Gasteiger partial charge in [0.15, 0.2) is 34.6 Å². The number of benzene rings is 4. The lowest BCUT2D eigenvalue weighted by Crippen LogP contribution is -2.17. The quantitative estimate of drug-likeness (QED) is 0.0439. The molecule has 0 aliphatic heterocycles. The maximum absolute atomic E-state index is 13.1. The van der Waals surface area contributed by atoms with E-state index in [-0.39, 0.29) is 34.5 Å². The van der Waals surface area contributed by atoms with Crippen molar-refractivity contribution in [3.63, 3.8) is 0 Å². The minimum Gasteiger partial charge on any atom is -0.508 e. The number of ketones is 2. The molecule has 0 amide bonds. The highest BCUT2D eigenvalue weighted by Crippen LogP contribution is 2.31. The first-order chi connectivity index (χ1) is 21.7. The third-order valence-electron chi connectivity index (χ3n) is 6.82. The molecule has 4 aromatic rings. The van der Waals surface area contributed by atoms with Crippen molar-refractivity contribution in [1.82, 2.24) is 0 Å². The number of hydrogen-bond acceptors (Lipinski definition) is 8. The lowest BCUT2D eigenvalue weighted by atomic mass is 9.96. The van der Waals surface area contributed by atoms with Crippen LogP contribution in [-0.2, 0) is 9.59 Å². The Labute approximate surface area is 261 Å². The number of aliphatic hydroxyl groups is 1. The lowest BCUT2D eigenvalue weighted by molar-refractivity contribution is -0.135. The Kier molecular flexibility index (Phi) is 10.7. The molecule has 0 bridgehead atoms. The molecule has 0 heterocycles. The fraction of sp³-hybridized carbons (Fsp3) is 0.108. The van der Waals surface area contributed by atoms with Crippen molar-refractivity contribution in [3.05, 3.63) is 143 Å². The first-order valence-corrected chi connectivity index (χ1v) is 14.0. The van der Waals surface area contributed by atoms with Crippen molar-refractivity contribution in [2.75, 3.05) is 14.2 Å². The van der Waals surface area contributed by atoms with Gasteiger partial charge in [-0.1, -0.05) is 72.8 Å². The Balaban J connectivity index is 1.40. The van der Waals surface area contributed by atoms with E-state index in [1.54, 1.807) is 91.9 Å². The number of rotatable bonds is 12. The number of esters is 1. The van der Waals surface area contributed by atoms with Crippen LogP contribution in [0.4, 0.5) is 0 Å². The van der Waals surface area contributed by atoms with Crippen LogP contribution in [0.5, 0.6) is 23.0 Å². The molecule has 0 aromatic heterocycles. The molecule has 0 radical (unpaired) electrons. The SMILES string of the molecule is COc1cc(/C=C/C(=O)C=C(O)/C=C/c2ccc(OC(=O)C(C)c3cccc(C(=O)c4ccccc4)c3)c(OC)c2)ccc1O. The largest absolute Gasteiger partial charge is 0.508 e. The molecule has 0 aliphatic carbocycles. The fourth-order valence-corrected chi connectivity index (χ4v) is 4.31. The van der Waals surface area contributed by atoms with E-state index in [1.165, 1.54) is 38.5 Å². The van der Waals surface area contributed by atoms with Gasteiger partial charge in [0, 0.05) is 17.2 Å². The third-order valence-corrected chi connectivity index (χ3v) is 6.82. The van der Waals surface area contributed by atoms with Gasteiger partial charge < -0.3 is 24.4 Å². The number of phenolic OH excluding ortho intramolecular Hbond substituents is 1. The van der Waals surface area contributed by atoms with Crippen LogP contribution in [0, 0.1) is 0 Å². The van der Waals surface area contributed by atoms with Crippen LogP contribution < -0.4 is 14.2 Å². The summed E-state index contributed by atoms with van der Waals surface area (Å²) in [6.45, 7) is 1.70. The third kappa shape index (κ3) is 8.58. The molecule has 4 aromatic carbocycles. The number of aromatic hydroxyl groups is 1. The number of aliphatic hydroxyl groups excluding tert-OH is 1. The van der Waals surface area contributed by atoms with Crippen LogP contribution >= 0.6 is 0 Å². The monoisotopic (exact) mass is 604 g/mol. The van der Waals surface area contributed by atoms with Crippen molar-refractivity contribution in [3.8, 4) is 23.0 Å². The second-order valence-electron chi connectivity index (χ2n) is 9.94. The second kappa shape index (κ2) is 15.0. The van der Waals surface area contributed by atoms with Gasteiger partial charge in [-0.05, 0) is 66.1 Å². The average molecular weight is 605 g/mol. The smallest absolute Gasteiger partial charge is 0.318 e. The van der Waals surface area contributed by atoms with Crippen LogP contribution in [0.1, 0.15) is 45.5 Å². The van der Waals surface area contributed by atoms with Gasteiger partial charge in [0.05, 0.1) is 20.1 Å². The van der Waals surface area contributed by atoms with Gasteiger partial charge in [-0.25, -0.2) is 0 Å². The molecule has 45 heavy (non-hydrogen) atoms. The highest BCUT2D eigenvalue weighted by Gasteiger charge is 2.21. The number of carbonyl (C=O) groups is 3. The van der Waals surface area contributed by atoms with E-state index in [1.807, 2.05) is 6.07 Å². The molecule has 2 N–H and O–H groups in total.